The van der Waals surface area contributed by atoms with Crippen molar-refractivity contribution in [2.45, 2.75) is 20.0 Å². The summed E-state index contributed by atoms with van der Waals surface area (Å²) in [6, 6.07) is 5.05. The minimum Gasteiger partial charge on any atom is -0.495 e. The van der Waals surface area contributed by atoms with Crippen molar-refractivity contribution in [1.29, 1.82) is 0 Å². The summed E-state index contributed by atoms with van der Waals surface area (Å²) in [5.74, 6) is 0.201. The number of aromatic nitrogens is 2. The van der Waals surface area contributed by atoms with Crippen LogP contribution in [0, 0.1) is 0 Å². The van der Waals surface area contributed by atoms with E-state index in [1.165, 1.54) is 0 Å². The molecule has 0 aliphatic heterocycles. The van der Waals surface area contributed by atoms with Crippen molar-refractivity contribution in [2.24, 2.45) is 5.73 Å². The van der Waals surface area contributed by atoms with Crippen LogP contribution in [0.1, 0.15) is 23.0 Å². The highest BCUT2D eigenvalue weighted by molar-refractivity contribution is 5.94. The van der Waals surface area contributed by atoms with Crippen LogP contribution in [0.15, 0.2) is 30.7 Å². The summed E-state index contributed by atoms with van der Waals surface area (Å²) < 4.78 is 7.31. The van der Waals surface area contributed by atoms with E-state index in [2.05, 4.69) is 17.2 Å². The van der Waals surface area contributed by atoms with Crippen molar-refractivity contribution in [3.63, 3.8) is 0 Å². The van der Waals surface area contributed by atoms with Gasteiger partial charge in [0.05, 0.1) is 31.4 Å². The number of benzene rings is 1. The Hall–Kier alpha value is -2.50. The fourth-order valence-electron chi connectivity index (χ4n) is 1.97. The van der Waals surface area contributed by atoms with Crippen LogP contribution in [0.4, 0.5) is 5.69 Å². The number of amides is 1. The zero-order chi connectivity index (χ0) is 14.5. The van der Waals surface area contributed by atoms with E-state index in [9.17, 15) is 4.79 Å². The molecule has 3 N–H and O–H groups in total. The van der Waals surface area contributed by atoms with E-state index < -0.39 is 5.91 Å². The number of primary amides is 1. The Kier molecular flexibility index (Phi) is 4.24. The number of hydrogen-bond donors (Lipinski definition) is 2. The molecular formula is C14H18N4O2. The molecule has 0 spiro atoms. The molecule has 0 unspecified atom stereocenters. The van der Waals surface area contributed by atoms with Gasteiger partial charge in [0.1, 0.15) is 5.75 Å². The first-order chi connectivity index (χ1) is 9.65. The van der Waals surface area contributed by atoms with Crippen LogP contribution >= 0.6 is 0 Å². The van der Waals surface area contributed by atoms with E-state index in [0.717, 1.165) is 17.9 Å². The zero-order valence-electron chi connectivity index (χ0n) is 11.6. The molecule has 0 saturated heterocycles. The van der Waals surface area contributed by atoms with Gasteiger partial charge in [-0.15, -0.1) is 0 Å². The lowest BCUT2D eigenvalue weighted by Gasteiger charge is -2.13. The largest absolute Gasteiger partial charge is 0.495 e. The number of nitrogens with two attached hydrogens (primary N) is 1. The normalized spacial score (nSPS) is 10.3. The second-order valence-electron chi connectivity index (χ2n) is 4.30. The molecule has 20 heavy (non-hydrogen) atoms. The van der Waals surface area contributed by atoms with Crippen LogP contribution < -0.4 is 15.8 Å². The molecule has 106 valence electrons. The molecule has 6 heteroatoms. The number of imidazole rings is 1. The van der Waals surface area contributed by atoms with Gasteiger partial charge in [-0.1, -0.05) is 0 Å². The van der Waals surface area contributed by atoms with E-state index in [4.69, 9.17) is 10.5 Å². The highest BCUT2D eigenvalue weighted by atomic mass is 16.5. The first-order valence-electron chi connectivity index (χ1n) is 6.36. The van der Waals surface area contributed by atoms with Gasteiger partial charge in [-0.3, -0.25) is 4.79 Å². The molecule has 2 rings (SSSR count). The Morgan fingerprint density at radius 2 is 2.30 bits per heavy atom. The number of anilines is 1. The van der Waals surface area contributed by atoms with Gasteiger partial charge in [-0.05, 0) is 25.1 Å². The molecule has 0 aliphatic rings. The van der Waals surface area contributed by atoms with Gasteiger partial charge in [0, 0.05) is 18.3 Å². The third kappa shape index (κ3) is 2.90. The van der Waals surface area contributed by atoms with Crippen molar-refractivity contribution in [1.82, 2.24) is 9.55 Å². The number of nitrogens with zero attached hydrogens (tertiary/aromatic N) is 2. The maximum absolute atomic E-state index is 11.2. The first-order valence-corrected chi connectivity index (χ1v) is 6.36. The third-order valence-electron chi connectivity index (χ3n) is 3.08. The number of rotatable bonds is 6. The van der Waals surface area contributed by atoms with Crippen molar-refractivity contribution >= 4 is 11.6 Å². The Morgan fingerprint density at radius 3 is 2.95 bits per heavy atom. The fraction of sp³-hybridized carbons (Fsp3) is 0.286. The van der Waals surface area contributed by atoms with Gasteiger partial charge >= 0.3 is 0 Å². The number of aryl methyl sites for hydroxylation is 1. The Balaban J connectivity index is 2.19. The van der Waals surface area contributed by atoms with Crippen LogP contribution in [-0.4, -0.2) is 22.6 Å². The fourth-order valence-corrected chi connectivity index (χ4v) is 1.97. The summed E-state index contributed by atoms with van der Waals surface area (Å²) in [6.45, 7) is 3.50. The molecule has 0 radical (unpaired) electrons. The SMILES string of the molecule is CCn1cncc1CNc1cc(C(N)=O)ccc1OC. The van der Waals surface area contributed by atoms with Crippen molar-refractivity contribution in [3.05, 3.63) is 42.0 Å². The van der Waals surface area contributed by atoms with Crippen molar-refractivity contribution in [2.75, 3.05) is 12.4 Å². The number of carbonyl (C=O) groups excluding carboxylic acids is 1. The van der Waals surface area contributed by atoms with Crippen LogP contribution in [0.5, 0.6) is 5.75 Å². The topological polar surface area (TPSA) is 82.2 Å². The molecule has 1 aromatic carbocycles. The Bertz CT molecular complexity index is 607. The molecule has 0 fully saturated rings. The van der Waals surface area contributed by atoms with E-state index >= 15 is 0 Å². The minimum absolute atomic E-state index is 0.442. The second-order valence-corrected chi connectivity index (χ2v) is 4.30. The number of hydrogen-bond acceptors (Lipinski definition) is 4. The van der Waals surface area contributed by atoms with Gasteiger partial charge < -0.3 is 20.4 Å². The average Bonchev–Trinajstić information content (AvgIpc) is 2.92. The number of carbonyl (C=O) groups is 1. The Labute approximate surface area is 117 Å². The molecule has 6 nitrogen and oxygen atoms in total. The van der Waals surface area contributed by atoms with E-state index in [1.807, 2.05) is 4.57 Å². The summed E-state index contributed by atoms with van der Waals surface area (Å²) in [6.07, 6.45) is 3.59. The molecule has 0 aliphatic carbocycles. The lowest BCUT2D eigenvalue weighted by molar-refractivity contribution is 0.100. The molecule has 2 aromatic rings. The molecule has 0 bridgehead atoms. The smallest absolute Gasteiger partial charge is 0.248 e. The third-order valence-corrected chi connectivity index (χ3v) is 3.08. The summed E-state index contributed by atoms with van der Waals surface area (Å²) in [7, 11) is 1.58. The van der Waals surface area contributed by atoms with Crippen molar-refractivity contribution < 1.29 is 9.53 Å². The summed E-state index contributed by atoms with van der Waals surface area (Å²) >= 11 is 0. The monoisotopic (exact) mass is 274 g/mol. The van der Waals surface area contributed by atoms with E-state index in [-0.39, 0.29) is 0 Å². The van der Waals surface area contributed by atoms with Gasteiger partial charge in [0.25, 0.3) is 0 Å². The standard InChI is InChI=1S/C14H18N4O2/c1-3-18-9-16-7-11(18)8-17-12-6-10(14(15)19)4-5-13(12)20-2/h4-7,9,17H,3,8H2,1-2H3,(H2,15,19). The predicted molar refractivity (Wildman–Crippen MR) is 76.7 cm³/mol. The van der Waals surface area contributed by atoms with Gasteiger partial charge in [-0.25, -0.2) is 4.98 Å². The van der Waals surface area contributed by atoms with Crippen LogP contribution in [0.25, 0.3) is 0 Å². The quantitative estimate of drug-likeness (QED) is 0.838. The van der Waals surface area contributed by atoms with Crippen LogP contribution in [0.2, 0.25) is 0 Å². The van der Waals surface area contributed by atoms with Crippen LogP contribution in [0.3, 0.4) is 0 Å². The summed E-state index contributed by atoms with van der Waals surface area (Å²) in [4.78, 5) is 15.3. The highest BCUT2D eigenvalue weighted by Gasteiger charge is 2.08. The van der Waals surface area contributed by atoms with Crippen LogP contribution in [-0.2, 0) is 13.1 Å². The lowest BCUT2D eigenvalue weighted by Crippen LogP contribution is -2.12. The van der Waals surface area contributed by atoms with Gasteiger partial charge in [-0.2, -0.15) is 0 Å². The summed E-state index contributed by atoms with van der Waals surface area (Å²) in [5.41, 5.74) is 7.51. The molecule has 0 saturated carbocycles. The van der Waals surface area contributed by atoms with Crippen molar-refractivity contribution in [3.8, 4) is 5.75 Å². The minimum atomic E-state index is -0.464. The molecule has 1 amide bonds. The number of methoxy groups -OCH3 is 1. The van der Waals surface area contributed by atoms with E-state index in [1.54, 1.807) is 37.8 Å². The Morgan fingerprint density at radius 1 is 1.50 bits per heavy atom. The maximum Gasteiger partial charge on any atom is 0.248 e. The molecular weight excluding hydrogens is 256 g/mol. The average molecular weight is 274 g/mol. The molecule has 1 aromatic heterocycles. The lowest BCUT2D eigenvalue weighted by atomic mass is 10.1. The maximum atomic E-state index is 11.2. The molecule has 1 heterocycles. The predicted octanol–water partition coefficient (Wildman–Crippen LogP) is 1.62. The number of nitrogens with one attached hydrogen (secondary N) is 1. The zero-order valence-corrected chi connectivity index (χ0v) is 11.6. The van der Waals surface area contributed by atoms with Gasteiger partial charge in [0.2, 0.25) is 5.91 Å². The second kappa shape index (κ2) is 6.10. The highest BCUT2D eigenvalue weighted by Crippen LogP contribution is 2.25. The summed E-state index contributed by atoms with van der Waals surface area (Å²) in [5, 5.41) is 3.24. The first kappa shape index (κ1) is 13.9. The van der Waals surface area contributed by atoms with Gasteiger partial charge in [0.15, 0.2) is 0 Å². The molecule has 0 atom stereocenters. The van der Waals surface area contributed by atoms with E-state index in [0.29, 0.717) is 17.9 Å². The number of ether oxygens (including phenoxy) is 1.